The van der Waals surface area contributed by atoms with Crippen molar-refractivity contribution >= 4 is 100 Å². The second-order valence-electron chi connectivity index (χ2n) is 32.9. The Hall–Kier alpha value is -5.78. The number of nitrogens with zero attached hydrogens (tertiary/aromatic N) is 3. The van der Waals surface area contributed by atoms with Gasteiger partial charge in [-0.3, -0.25) is 0 Å². The first-order valence-corrected chi connectivity index (χ1v) is 32.9. The molecule has 0 N–H and O–H groups in total. The topological polar surface area (TPSA) is 9.72 Å². The molecule has 0 radical (unpaired) electrons. The Bertz CT molecular complexity index is 4120. The van der Waals surface area contributed by atoms with E-state index in [1.165, 1.54) is 184 Å². The van der Waals surface area contributed by atoms with Gasteiger partial charge in [-0.1, -0.05) is 178 Å². The molecule has 2 unspecified atom stereocenters. The van der Waals surface area contributed by atoms with Crippen LogP contribution in [0.2, 0.25) is 0 Å². The van der Waals surface area contributed by atoms with Crippen molar-refractivity contribution in [1.82, 2.24) is 0 Å². The Labute approximate surface area is 502 Å². The molecule has 3 nitrogen and oxygen atoms in total. The van der Waals surface area contributed by atoms with Crippen molar-refractivity contribution in [2.24, 2.45) is 0 Å². The first kappa shape index (κ1) is 53.9. The van der Waals surface area contributed by atoms with Crippen molar-refractivity contribution in [3.8, 4) is 0 Å². The van der Waals surface area contributed by atoms with E-state index in [1.807, 2.05) is 11.3 Å². The fourth-order valence-electron chi connectivity index (χ4n) is 18.0. The lowest BCUT2D eigenvalue weighted by molar-refractivity contribution is 0.195. The smallest absolute Gasteiger partial charge is 0.252 e. The molecule has 1 saturated carbocycles. The van der Waals surface area contributed by atoms with Crippen LogP contribution in [0.1, 0.15) is 226 Å². The number of anilines is 8. The molecule has 7 aromatic carbocycles. The van der Waals surface area contributed by atoms with Crippen LogP contribution in [0.3, 0.4) is 0 Å². The van der Waals surface area contributed by atoms with E-state index < -0.39 is 0 Å². The van der Waals surface area contributed by atoms with E-state index in [9.17, 15) is 0 Å². The Morgan fingerprint density at radius 2 is 0.867 bits per heavy atom. The third-order valence-electron chi connectivity index (χ3n) is 23.9. The van der Waals surface area contributed by atoms with E-state index in [1.54, 1.807) is 0 Å². The Kier molecular flexibility index (Phi) is 11.1. The van der Waals surface area contributed by atoms with Gasteiger partial charge in [-0.15, -0.1) is 11.3 Å². The monoisotopic (exact) mass is 1110 g/mol. The number of thiophene rings is 1. The van der Waals surface area contributed by atoms with Crippen LogP contribution in [-0.2, 0) is 43.3 Å². The average molecular weight is 1110 g/mol. The Balaban J connectivity index is 1.11. The normalized spacial score (nSPS) is 24.3. The molecule has 0 spiro atoms. The summed E-state index contributed by atoms with van der Waals surface area (Å²) in [4.78, 5) is 8.49. The minimum atomic E-state index is -0.153. The fraction of sp³-hybridized carbons (Fsp3) is 0.462. The van der Waals surface area contributed by atoms with E-state index in [4.69, 9.17) is 0 Å². The van der Waals surface area contributed by atoms with E-state index in [0.717, 1.165) is 6.42 Å². The maximum absolute atomic E-state index is 2.89. The van der Waals surface area contributed by atoms with E-state index in [0.29, 0.717) is 0 Å². The van der Waals surface area contributed by atoms with Crippen molar-refractivity contribution in [1.29, 1.82) is 0 Å². The number of benzene rings is 7. The van der Waals surface area contributed by atoms with E-state index in [-0.39, 0.29) is 55.6 Å². The molecule has 1 aromatic heterocycles. The molecule has 8 aromatic rings. The van der Waals surface area contributed by atoms with Crippen molar-refractivity contribution in [2.45, 2.75) is 231 Å². The Morgan fingerprint density at radius 3 is 1.43 bits per heavy atom. The summed E-state index contributed by atoms with van der Waals surface area (Å²) in [5.41, 5.74) is 27.1. The van der Waals surface area contributed by atoms with E-state index >= 15 is 0 Å². The first-order chi connectivity index (χ1) is 38.9. The molecule has 4 aliphatic carbocycles. The predicted octanol–water partition coefficient (Wildman–Crippen LogP) is 20.2. The summed E-state index contributed by atoms with van der Waals surface area (Å²) in [7, 11) is 0. The van der Waals surface area contributed by atoms with Crippen LogP contribution in [-0.4, -0.2) is 12.3 Å². The van der Waals surface area contributed by atoms with Gasteiger partial charge in [-0.25, -0.2) is 0 Å². The summed E-state index contributed by atoms with van der Waals surface area (Å²) >= 11 is 1.94. The van der Waals surface area contributed by atoms with Gasteiger partial charge in [0.05, 0.1) is 5.54 Å². The predicted molar refractivity (Wildman–Crippen MR) is 361 cm³/mol. The summed E-state index contributed by atoms with van der Waals surface area (Å²) in [6.45, 7) is 42.7. The first-order valence-electron chi connectivity index (χ1n) is 32.1. The summed E-state index contributed by atoms with van der Waals surface area (Å²) in [5, 5.41) is 2.69. The van der Waals surface area contributed by atoms with Gasteiger partial charge < -0.3 is 14.7 Å². The van der Waals surface area contributed by atoms with Crippen LogP contribution >= 0.6 is 11.3 Å². The molecular formula is C78H90BN3S. The lowest BCUT2D eigenvalue weighted by atomic mass is 9.32. The molecule has 1 fully saturated rings. The highest BCUT2D eigenvalue weighted by Gasteiger charge is 2.59. The summed E-state index contributed by atoms with van der Waals surface area (Å²) in [6.07, 6.45) is 11.9. The fourth-order valence-corrected chi connectivity index (χ4v) is 19.1. The van der Waals surface area contributed by atoms with Gasteiger partial charge in [0.2, 0.25) is 0 Å². The van der Waals surface area contributed by atoms with Crippen molar-refractivity contribution in [3.63, 3.8) is 0 Å². The molecule has 15 rings (SSSR count). The van der Waals surface area contributed by atoms with Gasteiger partial charge in [0.15, 0.2) is 0 Å². The van der Waals surface area contributed by atoms with Gasteiger partial charge in [0, 0.05) is 71.1 Å². The van der Waals surface area contributed by atoms with Crippen LogP contribution in [0, 0.1) is 0 Å². The second kappa shape index (κ2) is 17.0. The second-order valence-corrected chi connectivity index (χ2v) is 33.9. The molecule has 7 aliphatic rings. The van der Waals surface area contributed by atoms with Gasteiger partial charge in [-0.2, -0.15) is 0 Å². The zero-order valence-corrected chi connectivity index (χ0v) is 54.2. The van der Waals surface area contributed by atoms with Crippen molar-refractivity contribution < 1.29 is 0 Å². The summed E-state index contributed by atoms with van der Waals surface area (Å²) < 4.78 is 2.69. The minimum absolute atomic E-state index is 0.000581. The molecule has 2 atom stereocenters. The zero-order valence-electron chi connectivity index (χ0n) is 53.4. The van der Waals surface area contributed by atoms with Crippen LogP contribution < -0.4 is 31.1 Å². The maximum Gasteiger partial charge on any atom is 0.252 e. The van der Waals surface area contributed by atoms with Crippen molar-refractivity contribution in [3.05, 3.63) is 160 Å². The lowest BCUT2D eigenvalue weighted by Crippen LogP contribution is -2.62. The summed E-state index contributed by atoms with van der Waals surface area (Å²) in [6, 6.07) is 48.3. The molecule has 0 amide bonds. The third-order valence-corrected chi connectivity index (χ3v) is 25.1. The highest BCUT2D eigenvalue weighted by Crippen LogP contribution is 2.63. The highest BCUT2D eigenvalue weighted by atomic mass is 32.1. The van der Waals surface area contributed by atoms with Crippen LogP contribution in [0.4, 0.5) is 45.5 Å². The zero-order chi connectivity index (χ0) is 58.3. The highest BCUT2D eigenvalue weighted by molar-refractivity contribution is 7.25. The maximum atomic E-state index is 2.89. The molecule has 0 saturated heterocycles. The van der Waals surface area contributed by atoms with Crippen LogP contribution in [0.5, 0.6) is 0 Å². The van der Waals surface area contributed by atoms with Crippen LogP contribution in [0.25, 0.3) is 20.2 Å². The molecule has 83 heavy (non-hydrogen) atoms. The third kappa shape index (κ3) is 7.46. The van der Waals surface area contributed by atoms with Gasteiger partial charge in [0.25, 0.3) is 6.71 Å². The average Bonchev–Trinajstić information content (AvgIpc) is 1.96. The van der Waals surface area contributed by atoms with Gasteiger partial charge >= 0.3 is 0 Å². The molecule has 3 aliphatic heterocycles. The minimum Gasteiger partial charge on any atom is -0.334 e. The molecule has 4 heterocycles. The molecular weight excluding hydrogens is 1020 g/mol. The number of rotatable bonds is 3. The van der Waals surface area contributed by atoms with E-state index in [2.05, 4.69) is 248 Å². The van der Waals surface area contributed by atoms with Gasteiger partial charge in [0.1, 0.15) is 0 Å². The quantitative estimate of drug-likeness (QED) is 0.163. The SMILES string of the molecule is CC(C)(C)c1ccc2c(c1)C1(C)CCCCC1(C)N2c1cc2c3c(c1)N(c1ccc4c(c1)sc1ccccc14)c1cc4c(cc1B3c1cc3c(cc1N2c1ccc2c(c1)C(C)(C)CCC2(C)C)C(C)(C)CCC3(C)C)C(C)(C)CCC4(C)C. The Morgan fingerprint density at radius 1 is 0.386 bits per heavy atom. The standard InChI is InChI=1S/C78H90BN3S/c1-70(2,3)47-24-29-62-59(38-47)77(16)30-20-21-31-78(77,17)82(62)50-40-65-69-66(41-50)81(49-25-27-52-51-22-18-19-23-67(51)83-68(52)42-49)64-46-58-56(74(10,11)35-37-76(58,14)15)44-61(64)79(69)60-43-55-57(75(12,13)36-34-73(55,8)9)45-63(60)80(65)48-26-28-53-54(39-48)72(6,7)33-32-71(53,4)5/h18-19,22-29,38-46H,20-21,30-37H2,1-17H3. The molecule has 0 bridgehead atoms. The molecule has 426 valence electrons. The molecule has 5 heteroatoms. The number of fused-ring (bicyclic) bond motifs is 13. The lowest BCUT2D eigenvalue weighted by Gasteiger charge is -2.52. The van der Waals surface area contributed by atoms with Gasteiger partial charge in [-0.05, 0) is 218 Å². The van der Waals surface area contributed by atoms with Crippen molar-refractivity contribution in [2.75, 3.05) is 14.7 Å². The number of hydrogen-bond donors (Lipinski definition) is 0. The van der Waals surface area contributed by atoms with Crippen LogP contribution in [0.15, 0.2) is 115 Å². The number of hydrogen-bond acceptors (Lipinski definition) is 4. The summed E-state index contributed by atoms with van der Waals surface area (Å²) in [5.74, 6) is 0. The largest absolute Gasteiger partial charge is 0.334 e.